The van der Waals surface area contributed by atoms with Gasteiger partial charge in [0.15, 0.2) is 0 Å². The molecule has 2 nitrogen and oxygen atoms in total. The van der Waals surface area contributed by atoms with E-state index >= 15 is 0 Å². The van der Waals surface area contributed by atoms with Gasteiger partial charge in [-0.3, -0.25) is 0 Å². The van der Waals surface area contributed by atoms with Crippen molar-refractivity contribution in [3.8, 4) is 0 Å². The lowest BCUT2D eigenvalue weighted by Crippen LogP contribution is -2.40. The summed E-state index contributed by atoms with van der Waals surface area (Å²) in [5.41, 5.74) is 0.0719. The fourth-order valence-corrected chi connectivity index (χ4v) is 1.64. The maximum Gasteiger partial charge on any atom is 0.0499 e. The minimum Gasteiger partial charge on any atom is -0.396 e. The van der Waals surface area contributed by atoms with E-state index in [1.807, 2.05) is 6.08 Å². The lowest BCUT2D eigenvalue weighted by Gasteiger charge is -2.31. The fourth-order valence-electron chi connectivity index (χ4n) is 1.64. The Balaban J connectivity index is 3.92. The maximum atomic E-state index is 9.41. The van der Waals surface area contributed by atoms with Crippen LogP contribution in [0.3, 0.4) is 0 Å². The number of hydrogen-bond donors (Lipinski definition) is 2. The lowest BCUT2D eigenvalue weighted by atomic mass is 9.83. The summed E-state index contributed by atoms with van der Waals surface area (Å²) < 4.78 is 0. The molecule has 2 N–H and O–H groups in total. The highest BCUT2D eigenvalue weighted by molar-refractivity contribution is 4.80. The van der Waals surface area contributed by atoms with E-state index in [1.54, 1.807) is 0 Å². The molecule has 0 radical (unpaired) electrons. The highest BCUT2D eigenvalue weighted by Gasteiger charge is 2.25. The molecule has 0 aliphatic heterocycles. The third kappa shape index (κ3) is 5.33. The Kier molecular flexibility index (Phi) is 7.71. The van der Waals surface area contributed by atoms with Crippen molar-refractivity contribution >= 4 is 0 Å². The Morgan fingerprint density at radius 1 is 1.40 bits per heavy atom. The zero-order valence-electron chi connectivity index (χ0n) is 10.6. The molecule has 1 atom stereocenters. The van der Waals surface area contributed by atoms with Crippen LogP contribution in [0.1, 0.15) is 46.5 Å². The number of hydrogen-bond acceptors (Lipinski definition) is 2. The van der Waals surface area contributed by atoms with E-state index in [1.165, 1.54) is 0 Å². The van der Waals surface area contributed by atoms with Crippen molar-refractivity contribution in [2.75, 3.05) is 13.2 Å². The SMILES string of the molecule is C=CCCC(C)NCC(CC)(CC)CO. The van der Waals surface area contributed by atoms with Crippen molar-refractivity contribution < 1.29 is 5.11 Å². The number of aliphatic hydroxyl groups is 1. The normalized spacial score (nSPS) is 13.9. The zero-order valence-corrected chi connectivity index (χ0v) is 10.6. The third-order valence-corrected chi connectivity index (χ3v) is 3.46. The molecular weight excluding hydrogens is 186 g/mol. The van der Waals surface area contributed by atoms with Gasteiger partial charge < -0.3 is 10.4 Å². The van der Waals surface area contributed by atoms with Gasteiger partial charge in [0.05, 0.1) is 0 Å². The first kappa shape index (κ1) is 14.7. The van der Waals surface area contributed by atoms with Gasteiger partial charge >= 0.3 is 0 Å². The zero-order chi connectivity index (χ0) is 11.7. The largest absolute Gasteiger partial charge is 0.396 e. The average Bonchev–Trinajstić information content (AvgIpc) is 2.29. The molecule has 15 heavy (non-hydrogen) atoms. The van der Waals surface area contributed by atoms with E-state index in [0.29, 0.717) is 6.04 Å². The van der Waals surface area contributed by atoms with E-state index in [9.17, 15) is 5.11 Å². The molecule has 0 aromatic carbocycles. The fraction of sp³-hybridized carbons (Fsp3) is 0.846. The summed E-state index contributed by atoms with van der Waals surface area (Å²) >= 11 is 0. The molecule has 90 valence electrons. The predicted molar refractivity (Wildman–Crippen MR) is 67.0 cm³/mol. The Labute approximate surface area is 94.8 Å². The van der Waals surface area contributed by atoms with Gasteiger partial charge in [-0.05, 0) is 32.6 Å². The van der Waals surface area contributed by atoms with Crippen LogP contribution >= 0.6 is 0 Å². The van der Waals surface area contributed by atoms with Gasteiger partial charge in [-0.1, -0.05) is 19.9 Å². The standard InChI is InChI=1S/C13H27NO/c1-5-8-9-12(4)14-10-13(6-2,7-3)11-15/h5,12,14-15H,1,6-11H2,2-4H3. The second-order valence-electron chi connectivity index (χ2n) is 4.51. The lowest BCUT2D eigenvalue weighted by molar-refractivity contribution is 0.110. The van der Waals surface area contributed by atoms with Crippen LogP contribution in [0.15, 0.2) is 12.7 Å². The van der Waals surface area contributed by atoms with Gasteiger partial charge in [0.25, 0.3) is 0 Å². The molecule has 0 aliphatic carbocycles. The van der Waals surface area contributed by atoms with Crippen molar-refractivity contribution in [1.29, 1.82) is 0 Å². The average molecular weight is 213 g/mol. The molecular formula is C13H27NO. The first-order valence-corrected chi connectivity index (χ1v) is 6.09. The Bertz CT molecular complexity index is 156. The molecule has 0 aromatic rings. The Hall–Kier alpha value is -0.340. The highest BCUT2D eigenvalue weighted by Crippen LogP contribution is 2.24. The molecule has 0 fully saturated rings. The van der Waals surface area contributed by atoms with E-state index in [2.05, 4.69) is 32.7 Å². The van der Waals surface area contributed by atoms with Gasteiger partial charge in [-0.25, -0.2) is 0 Å². The number of nitrogens with one attached hydrogen (secondary N) is 1. The number of allylic oxidation sites excluding steroid dienone is 1. The van der Waals surface area contributed by atoms with E-state index < -0.39 is 0 Å². The summed E-state index contributed by atoms with van der Waals surface area (Å²) in [6.07, 6.45) is 6.19. The second kappa shape index (κ2) is 7.89. The summed E-state index contributed by atoms with van der Waals surface area (Å²) in [5, 5.41) is 12.9. The van der Waals surface area contributed by atoms with E-state index in [0.717, 1.165) is 32.2 Å². The maximum absolute atomic E-state index is 9.41. The van der Waals surface area contributed by atoms with Crippen LogP contribution in [-0.4, -0.2) is 24.3 Å². The van der Waals surface area contributed by atoms with Crippen LogP contribution in [0, 0.1) is 5.41 Å². The van der Waals surface area contributed by atoms with Crippen molar-refractivity contribution in [2.24, 2.45) is 5.41 Å². The molecule has 0 saturated heterocycles. The van der Waals surface area contributed by atoms with E-state index in [4.69, 9.17) is 0 Å². The van der Waals surface area contributed by atoms with Gasteiger partial charge in [0.1, 0.15) is 0 Å². The molecule has 2 heteroatoms. The molecule has 1 unspecified atom stereocenters. The molecule has 0 rings (SSSR count). The Morgan fingerprint density at radius 2 is 2.00 bits per heavy atom. The third-order valence-electron chi connectivity index (χ3n) is 3.46. The van der Waals surface area contributed by atoms with Crippen LogP contribution in [0.2, 0.25) is 0 Å². The highest BCUT2D eigenvalue weighted by atomic mass is 16.3. The van der Waals surface area contributed by atoms with Crippen LogP contribution < -0.4 is 5.32 Å². The van der Waals surface area contributed by atoms with Crippen molar-refractivity contribution in [1.82, 2.24) is 5.32 Å². The number of aliphatic hydroxyl groups excluding tert-OH is 1. The quantitative estimate of drug-likeness (QED) is 0.577. The first-order chi connectivity index (χ1) is 7.14. The summed E-state index contributed by atoms with van der Waals surface area (Å²) in [4.78, 5) is 0. The summed E-state index contributed by atoms with van der Waals surface area (Å²) in [7, 11) is 0. The monoisotopic (exact) mass is 213 g/mol. The molecule has 0 heterocycles. The predicted octanol–water partition coefficient (Wildman–Crippen LogP) is 2.73. The van der Waals surface area contributed by atoms with Gasteiger partial charge in [0, 0.05) is 24.6 Å². The first-order valence-electron chi connectivity index (χ1n) is 6.09. The van der Waals surface area contributed by atoms with Crippen LogP contribution in [0.4, 0.5) is 0 Å². The number of rotatable bonds is 9. The van der Waals surface area contributed by atoms with Crippen molar-refractivity contribution in [2.45, 2.75) is 52.5 Å². The second-order valence-corrected chi connectivity index (χ2v) is 4.51. The molecule has 0 aromatic heterocycles. The van der Waals surface area contributed by atoms with Crippen LogP contribution in [0.5, 0.6) is 0 Å². The summed E-state index contributed by atoms with van der Waals surface area (Å²) in [5.74, 6) is 0. The van der Waals surface area contributed by atoms with Crippen molar-refractivity contribution in [3.63, 3.8) is 0 Å². The van der Waals surface area contributed by atoms with Gasteiger partial charge in [-0.2, -0.15) is 0 Å². The molecule has 0 amide bonds. The van der Waals surface area contributed by atoms with Gasteiger partial charge in [0.2, 0.25) is 0 Å². The summed E-state index contributed by atoms with van der Waals surface area (Å²) in [6.45, 7) is 11.4. The van der Waals surface area contributed by atoms with Crippen LogP contribution in [-0.2, 0) is 0 Å². The minimum absolute atomic E-state index is 0.0719. The van der Waals surface area contributed by atoms with Crippen molar-refractivity contribution in [3.05, 3.63) is 12.7 Å². The smallest absolute Gasteiger partial charge is 0.0499 e. The topological polar surface area (TPSA) is 32.3 Å². The summed E-state index contributed by atoms with van der Waals surface area (Å²) in [6, 6.07) is 0.507. The van der Waals surface area contributed by atoms with Gasteiger partial charge in [-0.15, -0.1) is 6.58 Å². The Morgan fingerprint density at radius 3 is 2.40 bits per heavy atom. The van der Waals surface area contributed by atoms with E-state index in [-0.39, 0.29) is 12.0 Å². The van der Waals surface area contributed by atoms with Crippen LogP contribution in [0.25, 0.3) is 0 Å². The molecule has 0 aliphatic rings. The molecule has 0 saturated carbocycles. The minimum atomic E-state index is 0.0719. The molecule has 0 bridgehead atoms. The molecule has 0 spiro atoms.